The van der Waals surface area contributed by atoms with E-state index in [0.717, 1.165) is 48.3 Å². The van der Waals surface area contributed by atoms with Crippen LogP contribution in [0, 0.1) is 5.92 Å². The predicted octanol–water partition coefficient (Wildman–Crippen LogP) is 2.12. The normalized spacial score (nSPS) is 14.3. The van der Waals surface area contributed by atoms with Crippen LogP contribution in [0.1, 0.15) is 50.6 Å². The van der Waals surface area contributed by atoms with Gasteiger partial charge >= 0.3 is 11.7 Å². The van der Waals surface area contributed by atoms with Gasteiger partial charge in [-0.05, 0) is 43.2 Å². The molecule has 29 heavy (non-hydrogen) atoms. The van der Waals surface area contributed by atoms with Gasteiger partial charge in [-0.15, -0.1) is 0 Å². The molecule has 0 spiro atoms. The van der Waals surface area contributed by atoms with E-state index in [1.165, 1.54) is 11.8 Å². The summed E-state index contributed by atoms with van der Waals surface area (Å²) in [6.45, 7) is 5.64. The number of nitrogens with zero attached hydrogens (tertiary/aromatic N) is 3. The van der Waals surface area contributed by atoms with Crippen molar-refractivity contribution in [1.82, 2.24) is 14.1 Å². The number of carbonyl (C=O) groups excluding carboxylic acids is 1. The van der Waals surface area contributed by atoms with Gasteiger partial charge in [-0.2, -0.15) is 0 Å². The summed E-state index contributed by atoms with van der Waals surface area (Å²) in [5.41, 5.74) is 1.92. The number of anilines is 1. The molecule has 3 heterocycles. The number of hydrogen-bond donors (Lipinski definition) is 2. The second kappa shape index (κ2) is 9.73. The van der Waals surface area contributed by atoms with Crippen LogP contribution in [0.25, 0.3) is 0 Å². The summed E-state index contributed by atoms with van der Waals surface area (Å²) in [5, 5.41) is 13.5. The van der Waals surface area contributed by atoms with Crippen molar-refractivity contribution < 1.29 is 14.6 Å². The van der Waals surface area contributed by atoms with Gasteiger partial charge in [-0.25, -0.2) is 9.78 Å². The van der Waals surface area contributed by atoms with E-state index in [4.69, 9.17) is 4.74 Å². The molecule has 0 unspecified atom stereocenters. The molecular formula is C21H30N4O4. The molecule has 8 heteroatoms. The minimum atomic E-state index is -1.23. The topological polar surface area (TPSA) is 98.4 Å². The number of aliphatic hydroxyl groups is 1. The van der Waals surface area contributed by atoms with Crippen LogP contribution in [0.5, 0.6) is 0 Å². The summed E-state index contributed by atoms with van der Waals surface area (Å²) in [7, 11) is 0. The van der Waals surface area contributed by atoms with Crippen molar-refractivity contribution in [3.05, 3.63) is 46.3 Å². The van der Waals surface area contributed by atoms with E-state index in [0.29, 0.717) is 13.2 Å². The first-order valence-electron chi connectivity index (χ1n) is 10.3. The second-order valence-electron chi connectivity index (χ2n) is 7.89. The zero-order chi connectivity index (χ0) is 20.8. The lowest BCUT2D eigenvalue weighted by molar-refractivity contribution is -0.148. The third kappa shape index (κ3) is 5.69. The molecule has 2 N–H and O–H groups in total. The molecule has 1 aliphatic rings. The molecule has 158 valence electrons. The van der Waals surface area contributed by atoms with E-state index in [-0.39, 0.29) is 18.0 Å². The van der Waals surface area contributed by atoms with E-state index < -0.39 is 12.2 Å². The maximum absolute atomic E-state index is 12.5. The van der Waals surface area contributed by atoms with E-state index >= 15 is 0 Å². The molecule has 0 radical (unpaired) electrons. The molecule has 2 aromatic heterocycles. The molecule has 3 rings (SSSR count). The highest BCUT2D eigenvalue weighted by Crippen LogP contribution is 2.20. The first-order valence-corrected chi connectivity index (χ1v) is 10.3. The number of hydrogen-bond acceptors (Lipinski definition) is 6. The average Bonchev–Trinajstić information content (AvgIpc) is 3.07. The Kier molecular flexibility index (Phi) is 7.09. The van der Waals surface area contributed by atoms with Gasteiger partial charge in [0, 0.05) is 31.2 Å². The molecule has 2 aromatic rings. The van der Waals surface area contributed by atoms with E-state index in [1.807, 2.05) is 19.9 Å². The smallest absolute Gasteiger partial charge is 0.330 e. The molecule has 0 amide bonds. The highest BCUT2D eigenvalue weighted by atomic mass is 16.5. The third-order valence-corrected chi connectivity index (χ3v) is 4.91. The lowest BCUT2D eigenvalue weighted by Crippen LogP contribution is -2.29. The first kappa shape index (κ1) is 21.1. The Labute approximate surface area is 170 Å². The standard InChI is InChI=1S/C21H30N4O4/c1-15(2)14-29-19(27)13-18(26)25-12-11-24(21(25)28)10-4-6-17-8-7-16-5-3-9-22-20(16)23-17/h7-8,11-12,15,18,26H,3-6,9-10,13-14H2,1-2H3,(H,22,23)/t18-/m1/s1. The molecule has 8 nitrogen and oxygen atoms in total. The number of esters is 1. The summed E-state index contributed by atoms with van der Waals surface area (Å²) < 4.78 is 7.77. The van der Waals surface area contributed by atoms with Crippen molar-refractivity contribution in [2.45, 2.75) is 58.7 Å². The molecule has 0 bridgehead atoms. The van der Waals surface area contributed by atoms with Crippen LogP contribution in [-0.2, 0) is 28.9 Å². The minimum Gasteiger partial charge on any atom is -0.465 e. The number of imidazole rings is 1. The summed E-state index contributed by atoms with van der Waals surface area (Å²) in [4.78, 5) is 28.9. The van der Waals surface area contributed by atoms with Crippen LogP contribution < -0.4 is 11.0 Å². The Morgan fingerprint density at radius 2 is 2.17 bits per heavy atom. The lowest BCUT2D eigenvalue weighted by Gasteiger charge is -2.17. The highest BCUT2D eigenvalue weighted by Gasteiger charge is 2.17. The molecule has 0 aromatic carbocycles. The molecular weight excluding hydrogens is 372 g/mol. The average molecular weight is 402 g/mol. The van der Waals surface area contributed by atoms with Gasteiger partial charge < -0.3 is 15.2 Å². The zero-order valence-corrected chi connectivity index (χ0v) is 17.1. The quantitative estimate of drug-likeness (QED) is 0.624. The number of rotatable bonds is 9. The van der Waals surface area contributed by atoms with Crippen LogP contribution in [0.2, 0.25) is 0 Å². The monoisotopic (exact) mass is 402 g/mol. The number of aryl methyl sites for hydroxylation is 3. The molecule has 0 saturated heterocycles. The highest BCUT2D eigenvalue weighted by molar-refractivity contribution is 5.69. The Hall–Kier alpha value is -2.61. The minimum absolute atomic E-state index is 0.222. The summed E-state index contributed by atoms with van der Waals surface area (Å²) in [6.07, 6.45) is 5.37. The van der Waals surface area contributed by atoms with E-state index in [1.54, 1.807) is 10.8 Å². The largest absolute Gasteiger partial charge is 0.465 e. The van der Waals surface area contributed by atoms with Gasteiger partial charge in [0.15, 0.2) is 0 Å². The number of carbonyl (C=O) groups is 1. The van der Waals surface area contributed by atoms with Gasteiger partial charge in [0.1, 0.15) is 12.0 Å². The lowest BCUT2D eigenvalue weighted by atomic mass is 10.1. The predicted molar refractivity (Wildman–Crippen MR) is 110 cm³/mol. The van der Waals surface area contributed by atoms with Crippen molar-refractivity contribution in [3.8, 4) is 0 Å². The van der Waals surface area contributed by atoms with Crippen LogP contribution in [0.3, 0.4) is 0 Å². The third-order valence-electron chi connectivity index (χ3n) is 4.91. The molecule has 0 saturated carbocycles. The van der Waals surface area contributed by atoms with E-state index in [2.05, 4.69) is 16.4 Å². The van der Waals surface area contributed by atoms with E-state index in [9.17, 15) is 14.7 Å². The van der Waals surface area contributed by atoms with Crippen LogP contribution >= 0.6 is 0 Å². The molecule has 0 aliphatic carbocycles. The number of fused-ring (bicyclic) bond motifs is 1. The number of ether oxygens (including phenoxy) is 1. The number of aliphatic hydroxyl groups excluding tert-OH is 1. The summed E-state index contributed by atoms with van der Waals surface area (Å²) in [5.74, 6) is 0.683. The Morgan fingerprint density at radius 3 is 2.97 bits per heavy atom. The van der Waals surface area contributed by atoms with Crippen molar-refractivity contribution in [2.24, 2.45) is 5.92 Å². The van der Waals surface area contributed by atoms with Crippen LogP contribution in [0.15, 0.2) is 29.3 Å². The van der Waals surface area contributed by atoms with Gasteiger partial charge in [0.25, 0.3) is 0 Å². The molecule has 1 atom stereocenters. The second-order valence-corrected chi connectivity index (χ2v) is 7.89. The van der Waals surface area contributed by atoms with Crippen molar-refractivity contribution >= 4 is 11.8 Å². The zero-order valence-electron chi connectivity index (χ0n) is 17.1. The SMILES string of the molecule is CC(C)COC(=O)C[C@@H](O)n1ccn(CCCc2ccc3c(n2)NCCC3)c1=O. The van der Waals surface area contributed by atoms with Gasteiger partial charge in [-0.1, -0.05) is 19.9 Å². The summed E-state index contributed by atoms with van der Waals surface area (Å²) >= 11 is 0. The van der Waals surface area contributed by atoms with Crippen LogP contribution in [0.4, 0.5) is 5.82 Å². The Bertz CT molecular complexity index is 887. The van der Waals surface area contributed by atoms with Crippen LogP contribution in [-0.4, -0.2) is 38.3 Å². The fourth-order valence-corrected chi connectivity index (χ4v) is 3.33. The molecule has 1 aliphatic heterocycles. The summed E-state index contributed by atoms with van der Waals surface area (Å²) in [6, 6.07) is 4.17. The van der Waals surface area contributed by atoms with Gasteiger partial charge in [0.05, 0.1) is 13.0 Å². The maximum atomic E-state index is 12.5. The number of aromatic nitrogens is 3. The van der Waals surface area contributed by atoms with Gasteiger partial charge in [0.2, 0.25) is 0 Å². The fourth-order valence-electron chi connectivity index (χ4n) is 3.33. The number of nitrogens with one attached hydrogen (secondary N) is 1. The Morgan fingerprint density at radius 1 is 1.34 bits per heavy atom. The van der Waals surface area contributed by atoms with Crippen molar-refractivity contribution in [2.75, 3.05) is 18.5 Å². The van der Waals surface area contributed by atoms with Crippen molar-refractivity contribution in [3.63, 3.8) is 0 Å². The first-order chi connectivity index (χ1) is 13.9. The number of pyridine rings is 1. The van der Waals surface area contributed by atoms with Gasteiger partial charge in [-0.3, -0.25) is 13.9 Å². The molecule has 0 fully saturated rings. The maximum Gasteiger partial charge on any atom is 0.330 e. The Balaban J connectivity index is 1.52. The van der Waals surface area contributed by atoms with Crippen molar-refractivity contribution in [1.29, 1.82) is 0 Å². The fraction of sp³-hybridized carbons (Fsp3) is 0.571.